The van der Waals surface area contributed by atoms with Gasteiger partial charge in [-0.05, 0) is 74.6 Å². The molecule has 11 nitrogen and oxygen atoms in total. The zero-order chi connectivity index (χ0) is 34.3. The van der Waals surface area contributed by atoms with Crippen LogP contribution in [-0.4, -0.2) is 94.6 Å². The number of benzene rings is 1. The summed E-state index contributed by atoms with van der Waals surface area (Å²) < 4.78 is 17.4. The number of fused-ring (bicyclic) bond motifs is 4. The SMILES string of the molecule is CC(=O)OC1CC2C(OC(C)=O)/C=C3\CC(C)(C(=O)C(O)C(=C1C)C2(C)C)C(O)CC3OC(=O)C(O)C(c1ccccc1)N(C)C. The Bertz CT molecular complexity index is 1420. The summed E-state index contributed by atoms with van der Waals surface area (Å²) in [4.78, 5) is 54.0. The molecule has 1 saturated carbocycles. The van der Waals surface area contributed by atoms with Crippen LogP contribution < -0.4 is 0 Å². The molecule has 1 fully saturated rings. The van der Waals surface area contributed by atoms with Gasteiger partial charge in [0.15, 0.2) is 11.9 Å². The fourth-order valence-corrected chi connectivity index (χ4v) is 7.67. The molecule has 0 aromatic heterocycles. The van der Waals surface area contributed by atoms with Gasteiger partial charge >= 0.3 is 17.9 Å². The van der Waals surface area contributed by atoms with Gasteiger partial charge in [0.2, 0.25) is 0 Å². The molecule has 4 rings (SSSR count). The fraction of sp³-hybridized carbons (Fsp3) is 0.600. The number of ether oxygens (including phenoxy) is 3. The number of aliphatic hydroxyl groups excluding tert-OH is 3. The Morgan fingerprint density at radius 3 is 2.11 bits per heavy atom. The number of carbonyl (C=O) groups is 4. The number of nitrogens with zero attached hydrogens (tertiary/aromatic N) is 1. The Morgan fingerprint density at radius 2 is 1.54 bits per heavy atom. The molecule has 46 heavy (non-hydrogen) atoms. The number of carbonyl (C=O) groups excluding carboxylic acids is 4. The minimum Gasteiger partial charge on any atom is -0.458 e. The first kappa shape index (κ1) is 35.5. The van der Waals surface area contributed by atoms with Crippen molar-refractivity contribution in [1.82, 2.24) is 4.90 Å². The second kappa shape index (κ2) is 13.4. The first-order valence-corrected chi connectivity index (χ1v) is 15.7. The number of hydrogen-bond acceptors (Lipinski definition) is 11. The smallest absolute Gasteiger partial charge is 0.337 e. The van der Waals surface area contributed by atoms with E-state index in [9.17, 15) is 34.5 Å². The summed E-state index contributed by atoms with van der Waals surface area (Å²) in [7, 11) is 3.46. The van der Waals surface area contributed by atoms with E-state index in [2.05, 4.69) is 0 Å². The van der Waals surface area contributed by atoms with Crippen molar-refractivity contribution in [3.8, 4) is 0 Å². The quantitative estimate of drug-likeness (QED) is 0.228. The van der Waals surface area contributed by atoms with Crippen molar-refractivity contribution in [3.05, 3.63) is 58.7 Å². The molecule has 3 aliphatic carbocycles. The highest BCUT2D eigenvalue weighted by Gasteiger charge is 2.56. The number of rotatable bonds is 7. The van der Waals surface area contributed by atoms with Crippen LogP contribution in [-0.2, 0) is 33.4 Å². The lowest BCUT2D eigenvalue weighted by atomic mass is 9.57. The molecule has 3 N–H and O–H groups in total. The third-order valence-corrected chi connectivity index (χ3v) is 10.1. The molecule has 0 radical (unpaired) electrons. The molecule has 252 valence electrons. The molecule has 3 aliphatic rings. The number of likely N-dealkylation sites (N-methyl/N-ethyl adjacent to an activating group) is 1. The molecule has 1 aromatic carbocycles. The van der Waals surface area contributed by atoms with Gasteiger partial charge in [-0.1, -0.05) is 44.2 Å². The van der Waals surface area contributed by atoms with Gasteiger partial charge in [-0.15, -0.1) is 0 Å². The molecule has 0 heterocycles. The number of esters is 3. The predicted molar refractivity (Wildman–Crippen MR) is 167 cm³/mol. The van der Waals surface area contributed by atoms with Crippen molar-refractivity contribution in [2.75, 3.05) is 14.1 Å². The topological polar surface area (TPSA) is 160 Å². The summed E-state index contributed by atoms with van der Waals surface area (Å²) in [6, 6.07) is 8.28. The van der Waals surface area contributed by atoms with Crippen LogP contribution in [0.5, 0.6) is 0 Å². The second-order valence-electron chi connectivity index (χ2n) is 13.9. The first-order chi connectivity index (χ1) is 21.4. The van der Waals surface area contributed by atoms with Crippen molar-refractivity contribution in [2.24, 2.45) is 16.7 Å². The summed E-state index contributed by atoms with van der Waals surface area (Å²) in [6.07, 6.45) is -5.77. The van der Waals surface area contributed by atoms with E-state index in [1.807, 2.05) is 19.9 Å². The maximum atomic E-state index is 14.2. The first-order valence-electron chi connectivity index (χ1n) is 15.7. The summed E-state index contributed by atoms with van der Waals surface area (Å²) in [5, 5.41) is 34.4. The number of ketones is 1. The van der Waals surface area contributed by atoms with Gasteiger partial charge in [0.1, 0.15) is 24.4 Å². The molecule has 9 unspecified atom stereocenters. The molecular formula is C35H47NO10. The lowest BCUT2D eigenvalue weighted by molar-refractivity contribution is -0.167. The highest BCUT2D eigenvalue weighted by atomic mass is 16.6. The summed E-state index contributed by atoms with van der Waals surface area (Å²) >= 11 is 0. The molecule has 4 bridgehead atoms. The van der Waals surface area contributed by atoms with Crippen LogP contribution in [0.2, 0.25) is 0 Å². The lowest BCUT2D eigenvalue weighted by Gasteiger charge is -2.51. The minimum atomic E-state index is -1.65. The number of Topliss-reactive ketones (excluding diaryl/α,β-unsaturated/α-hetero) is 1. The van der Waals surface area contributed by atoms with Gasteiger partial charge in [0, 0.05) is 26.2 Å². The zero-order valence-corrected chi connectivity index (χ0v) is 27.9. The van der Waals surface area contributed by atoms with Gasteiger partial charge in [-0.25, -0.2) is 4.79 Å². The number of aliphatic hydroxyl groups is 3. The van der Waals surface area contributed by atoms with Gasteiger partial charge in [0.05, 0.1) is 17.6 Å². The largest absolute Gasteiger partial charge is 0.458 e. The van der Waals surface area contributed by atoms with Gasteiger partial charge in [-0.2, -0.15) is 0 Å². The van der Waals surface area contributed by atoms with Crippen LogP contribution in [0.1, 0.15) is 72.4 Å². The Balaban J connectivity index is 1.82. The molecule has 1 aromatic rings. The van der Waals surface area contributed by atoms with Crippen LogP contribution in [0, 0.1) is 16.7 Å². The van der Waals surface area contributed by atoms with Crippen LogP contribution in [0.3, 0.4) is 0 Å². The van der Waals surface area contributed by atoms with Crippen molar-refractivity contribution in [1.29, 1.82) is 0 Å². The second-order valence-corrected chi connectivity index (χ2v) is 13.9. The molecule has 0 saturated heterocycles. The Kier molecular flexibility index (Phi) is 10.3. The van der Waals surface area contributed by atoms with E-state index in [4.69, 9.17) is 14.2 Å². The van der Waals surface area contributed by atoms with Crippen LogP contribution in [0.25, 0.3) is 0 Å². The molecule has 0 spiro atoms. The van der Waals surface area contributed by atoms with E-state index in [-0.39, 0.29) is 19.3 Å². The normalized spacial score (nSPS) is 33.3. The zero-order valence-electron chi connectivity index (χ0n) is 27.9. The van der Waals surface area contributed by atoms with E-state index in [1.165, 1.54) is 13.8 Å². The Hall–Kier alpha value is -3.38. The summed E-state index contributed by atoms with van der Waals surface area (Å²) in [5.74, 6) is -3.24. The van der Waals surface area contributed by atoms with E-state index < -0.39 is 83.1 Å². The van der Waals surface area contributed by atoms with Gasteiger partial charge < -0.3 is 29.5 Å². The number of hydrogen-bond donors (Lipinski definition) is 3. The van der Waals surface area contributed by atoms with Crippen LogP contribution in [0.4, 0.5) is 0 Å². The average Bonchev–Trinajstić information content (AvgIpc) is 2.95. The van der Waals surface area contributed by atoms with E-state index >= 15 is 0 Å². The third-order valence-electron chi connectivity index (χ3n) is 10.1. The third kappa shape index (κ3) is 6.69. The average molecular weight is 642 g/mol. The monoisotopic (exact) mass is 641 g/mol. The standard InChI is InChI=1S/C35H47NO10/c1-18-24(44-19(2)37)15-23-26(45-20(3)38)14-22-17-35(6,32(42)30(40)28(18)34(23,4)5)27(39)16-25(22)46-33(43)31(41)29(36(7)8)21-12-10-9-11-13-21/h9-14,23-27,29-31,39-41H,15-17H2,1-8H3/b22-14+. The van der Waals surface area contributed by atoms with E-state index in [1.54, 1.807) is 63.2 Å². The summed E-state index contributed by atoms with van der Waals surface area (Å²) in [5.41, 5.74) is -0.440. The lowest BCUT2D eigenvalue weighted by Crippen LogP contribution is -2.56. The minimum absolute atomic E-state index is 0.0987. The molecular weight excluding hydrogens is 594 g/mol. The maximum Gasteiger partial charge on any atom is 0.337 e. The van der Waals surface area contributed by atoms with Crippen molar-refractivity contribution < 1.29 is 48.7 Å². The predicted octanol–water partition coefficient (Wildman–Crippen LogP) is 2.82. The molecule has 11 heteroatoms. The Labute approximate surface area is 270 Å². The van der Waals surface area contributed by atoms with Crippen molar-refractivity contribution >= 4 is 23.7 Å². The Morgan fingerprint density at radius 1 is 0.935 bits per heavy atom. The van der Waals surface area contributed by atoms with Crippen molar-refractivity contribution in [2.45, 2.75) is 103 Å². The van der Waals surface area contributed by atoms with E-state index in [0.717, 1.165) is 0 Å². The highest BCUT2D eigenvalue weighted by molar-refractivity contribution is 5.92. The van der Waals surface area contributed by atoms with Gasteiger partial charge in [0.25, 0.3) is 0 Å². The highest BCUT2D eigenvalue weighted by Crippen LogP contribution is 2.53. The van der Waals surface area contributed by atoms with Gasteiger partial charge in [-0.3, -0.25) is 19.3 Å². The summed E-state index contributed by atoms with van der Waals surface area (Å²) in [6.45, 7) is 9.47. The van der Waals surface area contributed by atoms with Crippen molar-refractivity contribution in [3.63, 3.8) is 0 Å². The molecule has 0 amide bonds. The van der Waals surface area contributed by atoms with E-state index in [0.29, 0.717) is 22.3 Å². The van der Waals surface area contributed by atoms with Crippen LogP contribution in [0.15, 0.2) is 53.1 Å². The van der Waals surface area contributed by atoms with Crippen LogP contribution >= 0.6 is 0 Å². The molecule has 9 atom stereocenters. The molecule has 0 aliphatic heterocycles. The maximum absolute atomic E-state index is 14.2. The fourth-order valence-electron chi connectivity index (χ4n) is 7.67.